The Morgan fingerprint density at radius 3 is 2.42 bits per heavy atom. The van der Waals surface area contributed by atoms with Crippen LogP contribution in [0.25, 0.3) is 0 Å². The number of nitrogens with one attached hydrogen (secondary N) is 1. The molecule has 4 heteroatoms. The van der Waals surface area contributed by atoms with Crippen LogP contribution in [0.2, 0.25) is 0 Å². The third-order valence-electron chi connectivity index (χ3n) is 3.20. The van der Waals surface area contributed by atoms with Gasteiger partial charge in [-0.25, -0.2) is 4.98 Å². The van der Waals surface area contributed by atoms with Crippen LogP contribution in [0, 0.1) is 0 Å². The molecule has 1 atom stereocenters. The van der Waals surface area contributed by atoms with Crippen molar-refractivity contribution in [2.75, 3.05) is 23.3 Å². The summed E-state index contributed by atoms with van der Waals surface area (Å²) in [5.41, 5.74) is 2.41. The molecule has 0 amide bonds. The van der Waals surface area contributed by atoms with Gasteiger partial charge in [0.2, 0.25) is 0 Å². The van der Waals surface area contributed by atoms with E-state index >= 15 is 0 Å². The van der Waals surface area contributed by atoms with Crippen LogP contribution in [0.5, 0.6) is 0 Å². The first-order chi connectivity index (χ1) is 9.24. The highest BCUT2D eigenvalue weighted by Crippen LogP contribution is 2.23. The quantitative estimate of drug-likeness (QED) is 0.858. The van der Waals surface area contributed by atoms with E-state index < -0.39 is 0 Å². The Bertz CT molecular complexity index is 475. The molecule has 1 heterocycles. The zero-order chi connectivity index (χ0) is 13.7. The summed E-state index contributed by atoms with van der Waals surface area (Å²) in [5.74, 6) is 0. The van der Waals surface area contributed by atoms with Crippen molar-refractivity contribution < 1.29 is 0 Å². The second kappa shape index (κ2) is 6.57. The number of thiazole rings is 1. The molecule has 0 radical (unpaired) electrons. The highest BCUT2D eigenvalue weighted by molar-refractivity contribution is 7.09. The summed E-state index contributed by atoms with van der Waals surface area (Å²) in [4.78, 5) is 6.67. The summed E-state index contributed by atoms with van der Waals surface area (Å²) >= 11 is 1.68. The summed E-state index contributed by atoms with van der Waals surface area (Å²) in [5, 5.41) is 6.61. The Morgan fingerprint density at radius 1 is 1.21 bits per heavy atom. The average Bonchev–Trinajstić information content (AvgIpc) is 2.96. The zero-order valence-electron chi connectivity index (χ0n) is 11.8. The molecule has 1 aromatic carbocycles. The maximum Gasteiger partial charge on any atom is 0.115 e. The van der Waals surface area contributed by atoms with Crippen LogP contribution < -0.4 is 10.2 Å². The topological polar surface area (TPSA) is 28.2 Å². The van der Waals surface area contributed by atoms with Crippen LogP contribution in [0.3, 0.4) is 0 Å². The van der Waals surface area contributed by atoms with Gasteiger partial charge >= 0.3 is 0 Å². The van der Waals surface area contributed by atoms with Crippen molar-refractivity contribution in [1.82, 2.24) is 4.98 Å². The molecule has 19 heavy (non-hydrogen) atoms. The number of rotatable bonds is 6. The maximum atomic E-state index is 4.33. The molecule has 0 aliphatic rings. The first-order valence-electron chi connectivity index (χ1n) is 6.75. The van der Waals surface area contributed by atoms with Crippen LogP contribution >= 0.6 is 11.3 Å². The summed E-state index contributed by atoms with van der Waals surface area (Å²) in [7, 11) is 0. The molecule has 1 unspecified atom stereocenters. The van der Waals surface area contributed by atoms with Gasteiger partial charge in [-0.2, -0.15) is 0 Å². The van der Waals surface area contributed by atoms with Crippen LogP contribution in [0.15, 0.2) is 35.8 Å². The van der Waals surface area contributed by atoms with Gasteiger partial charge in [-0.15, -0.1) is 11.3 Å². The van der Waals surface area contributed by atoms with E-state index in [1.54, 1.807) is 11.3 Å². The highest BCUT2D eigenvalue weighted by Gasteiger charge is 2.08. The molecule has 0 saturated carbocycles. The monoisotopic (exact) mass is 275 g/mol. The van der Waals surface area contributed by atoms with Crippen LogP contribution in [0.4, 0.5) is 11.4 Å². The third kappa shape index (κ3) is 3.47. The first-order valence-corrected chi connectivity index (χ1v) is 7.63. The summed E-state index contributed by atoms with van der Waals surface area (Å²) in [6.07, 6.45) is 1.85. The molecule has 1 aromatic heterocycles. The van der Waals surface area contributed by atoms with E-state index in [0.29, 0.717) is 0 Å². The number of hydrogen-bond acceptors (Lipinski definition) is 4. The molecule has 2 rings (SSSR count). The van der Waals surface area contributed by atoms with Crippen LogP contribution in [-0.4, -0.2) is 18.1 Å². The largest absolute Gasteiger partial charge is 0.376 e. The van der Waals surface area contributed by atoms with Crippen molar-refractivity contribution in [3.8, 4) is 0 Å². The minimum Gasteiger partial charge on any atom is -0.376 e. The van der Waals surface area contributed by atoms with Gasteiger partial charge in [0.1, 0.15) is 5.01 Å². The average molecular weight is 275 g/mol. The van der Waals surface area contributed by atoms with E-state index in [9.17, 15) is 0 Å². The standard InChI is InChI=1S/C15H21N3S/c1-4-18(5-2)14-8-6-13(7-9-14)17-12(3)15-16-10-11-19-15/h6-12,17H,4-5H2,1-3H3. The zero-order valence-corrected chi connectivity index (χ0v) is 12.6. The lowest BCUT2D eigenvalue weighted by atomic mass is 10.2. The Balaban J connectivity index is 2.02. The smallest absolute Gasteiger partial charge is 0.115 e. The lowest BCUT2D eigenvalue weighted by Crippen LogP contribution is -2.21. The van der Waals surface area contributed by atoms with Crippen molar-refractivity contribution in [3.05, 3.63) is 40.8 Å². The van der Waals surface area contributed by atoms with E-state index in [1.165, 1.54) is 5.69 Å². The molecule has 0 aliphatic carbocycles. The molecular formula is C15H21N3S. The normalized spacial score (nSPS) is 12.2. The van der Waals surface area contributed by atoms with Gasteiger partial charge in [-0.1, -0.05) is 0 Å². The van der Waals surface area contributed by atoms with Crippen molar-refractivity contribution in [3.63, 3.8) is 0 Å². The maximum absolute atomic E-state index is 4.33. The molecule has 3 nitrogen and oxygen atoms in total. The third-order valence-corrected chi connectivity index (χ3v) is 4.16. The fourth-order valence-electron chi connectivity index (χ4n) is 2.12. The first kappa shape index (κ1) is 13.9. The molecular weight excluding hydrogens is 254 g/mol. The minimum atomic E-state index is 0.249. The van der Waals surface area contributed by atoms with Gasteiger partial charge in [-0.3, -0.25) is 0 Å². The van der Waals surface area contributed by atoms with Gasteiger partial charge in [0.15, 0.2) is 0 Å². The van der Waals surface area contributed by atoms with Gasteiger partial charge in [-0.05, 0) is 45.0 Å². The second-order valence-electron chi connectivity index (χ2n) is 4.46. The van der Waals surface area contributed by atoms with E-state index in [-0.39, 0.29) is 6.04 Å². The number of nitrogens with zero attached hydrogens (tertiary/aromatic N) is 2. The van der Waals surface area contributed by atoms with Crippen molar-refractivity contribution in [2.24, 2.45) is 0 Å². The molecule has 1 N–H and O–H groups in total. The van der Waals surface area contributed by atoms with Gasteiger partial charge in [0.05, 0.1) is 6.04 Å². The predicted molar refractivity (Wildman–Crippen MR) is 84.2 cm³/mol. The Morgan fingerprint density at radius 2 is 1.89 bits per heavy atom. The van der Waals surface area contributed by atoms with E-state index in [4.69, 9.17) is 0 Å². The van der Waals surface area contributed by atoms with Gasteiger partial charge in [0.25, 0.3) is 0 Å². The summed E-state index contributed by atoms with van der Waals surface area (Å²) in [6, 6.07) is 8.86. The van der Waals surface area contributed by atoms with Gasteiger partial charge < -0.3 is 10.2 Å². The van der Waals surface area contributed by atoms with Crippen molar-refractivity contribution >= 4 is 22.7 Å². The fraction of sp³-hybridized carbons (Fsp3) is 0.400. The Labute approximate surface area is 119 Å². The van der Waals surface area contributed by atoms with Crippen LogP contribution in [0.1, 0.15) is 31.8 Å². The number of aromatic nitrogens is 1. The van der Waals surface area contributed by atoms with E-state index in [0.717, 1.165) is 23.8 Å². The molecule has 0 saturated heterocycles. The van der Waals surface area contributed by atoms with Crippen LogP contribution in [-0.2, 0) is 0 Å². The number of hydrogen-bond donors (Lipinski definition) is 1. The fourth-order valence-corrected chi connectivity index (χ4v) is 2.76. The Hall–Kier alpha value is -1.55. The van der Waals surface area contributed by atoms with E-state index in [1.807, 2.05) is 11.6 Å². The SMILES string of the molecule is CCN(CC)c1ccc(NC(C)c2nccs2)cc1. The molecule has 0 aliphatic heterocycles. The molecule has 0 bridgehead atoms. The van der Waals surface area contributed by atoms with Crippen molar-refractivity contribution in [1.29, 1.82) is 0 Å². The number of benzene rings is 1. The molecule has 0 spiro atoms. The molecule has 2 aromatic rings. The highest BCUT2D eigenvalue weighted by atomic mass is 32.1. The summed E-state index contributed by atoms with van der Waals surface area (Å²) < 4.78 is 0. The predicted octanol–water partition coefficient (Wildman–Crippen LogP) is 4.16. The lowest BCUT2D eigenvalue weighted by Gasteiger charge is -2.21. The lowest BCUT2D eigenvalue weighted by molar-refractivity contribution is 0.861. The summed E-state index contributed by atoms with van der Waals surface area (Å²) in [6.45, 7) is 8.58. The Kier molecular flexibility index (Phi) is 4.80. The molecule has 102 valence electrons. The number of anilines is 2. The minimum absolute atomic E-state index is 0.249. The van der Waals surface area contributed by atoms with E-state index in [2.05, 4.69) is 60.2 Å². The van der Waals surface area contributed by atoms with Crippen molar-refractivity contribution in [2.45, 2.75) is 26.8 Å². The van der Waals surface area contributed by atoms with Gasteiger partial charge in [0, 0.05) is 36.0 Å². The second-order valence-corrected chi connectivity index (χ2v) is 5.38. The molecule has 0 fully saturated rings.